The molecule has 2 bridgehead atoms. The number of amides is 1. The third-order valence-electron chi connectivity index (χ3n) is 6.48. The maximum Gasteiger partial charge on any atom is 0.274 e. The first-order chi connectivity index (χ1) is 15.7. The van der Waals surface area contributed by atoms with E-state index in [0.29, 0.717) is 42.3 Å². The van der Waals surface area contributed by atoms with E-state index >= 15 is 0 Å². The minimum atomic E-state index is -0.287. The molecule has 7 heteroatoms. The number of hydrogen-bond donors (Lipinski definition) is 1. The highest BCUT2D eigenvalue weighted by molar-refractivity contribution is 6.05. The van der Waals surface area contributed by atoms with Crippen molar-refractivity contribution in [2.24, 2.45) is 5.92 Å². The molecule has 1 N–H and O–H groups in total. The van der Waals surface area contributed by atoms with Gasteiger partial charge in [-0.15, -0.1) is 0 Å². The number of pyridine rings is 1. The van der Waals surface area contributed by atoms with Crippen molar-refractivity contribution in [3.05, 3.63) is 42.2 Å². The van der Waals surface area contributed by atoms with Gasteiger partial charge in [0.25, 0.3) is 5.91 Å². The van der Waals surface area contributed by atoms with Crippen molar-refractivity contribution in [1.29, 1.82) is 0 Å². The van der Waals surface area contributed by atoms with Crippen LogP contribution in [0.25, 0.3) is 10.9 Å². The Kier molecular flexibility index (Phi) is 5.97. The molecule has 1 fully saturated rings. The van der Waals surface area contributed by atoms with Crippen molar-refractivity contribution in [3.8, 4) is 11.6 Å². The van der Waals surface area contributed by atoms with Crippen molar-refractivity contribution in [2.75, 3.05) is 18.5 Å². The summed E-state index contributed by atoms with van der Waals surface area (Å²) >= 11 is 0. The van der Waals surface area contributed by atoms with E-state index in [1.807, 2.05) is 12.1 Å². The van der Waals surface area contributed by atoms with Gasteiger partial charge in [0.2, 0.25) is 5.88 Å². The first-order valence-electron chi connectivity index (χ1n) is 11.7. The number of nitrogens with one attached hydrogen (secondary N) is 1. The Labute approximate surface area is 188 Å². The molecule has 2 aliphatic rings. The Bertz CT molecular complexity index is 1100. The van der Waals surface area contributed by atoms with Gasteiger partial charge in [-0.1, -0.05) is 13.0 Å². The smallest absolute Gasteiger partial charge is 0.274 e. The zero-order chi connectivity index (χ0) is 21.9. The summed E-state index contributed by atoms with van der Waals surface area (Å²) in [6, 6.07) is 9.61. The van der Waals surface area contributed by atoms with Crippen LogP contribution in [0.15, 0.2) is 36.5 Å². The summed E-state index contributed by atoms with van der Waals surface area (Å²) in [4.78, 5) is 17.3. The Hall–Kier alpha value is -3.09. The zero-order valence-electron chi connectivity index (χ0n) is 18.5. The molecule has 168 valence electrons. The number of fused-ring (bicyclic) bond motifs is 4. The standard InChI is InChI=1S/C25H30N4O3/c1-17-8-10-19(11-9-17)29-16-18-14-22-23(15-21(18)28-29)31-12-3-2-4-13-32-24-7-5-6-20(26-24)25(30)27-22/h5-7,14-17,19H,2-4,8-13H2,1H3,(H,27,30). The molecule has 1 aromatic carbocycles. The molecule has 1 aliphatic carbocycles. The lowest BCUT2D eigenvalue weighted by atomic mass is 9.87. The molecule has 7 nitrogen and oxygen atoms in total. The molecule has 1 saturated carbocycles. The first-order valence-corrected chi connectivity index (χ1v) is 11.7. The van der Waals surface area contributed by atoms with Gasteiger partial charge in [-0.2, -0.15) is 5.10 Å². The van der Waals surface area contributed by atoms with Crippen molar-refractivity contribution < 1.29 is 14.3 Å². The van der Waals surface area contributed by atoms with E-state index in [1.54, 1.807) is 18.2 Å². The summed E-state index contributed by atoms with van der Waals surface area (Å²) in [5.41, 5.74) is 1.85. The molecule has 1 aliphatic heterocycles. The number of rotatable bonds is 1. The molecule has 0 atom stereocenters. The predicted molar refractivity (Wildman–Crippen MR) is 123 cm³/mol. The Morgan fingerprint density at radius 1 is 1.03 bits per heavy atom. The van der Waals surface area contributed by atoms with E-state index in [-0.39, 0.29) is 5.91 Å². The van der Waals surface area contributed by atoms with Crippen LogP contribution in [0, 0.1) is 5.92 Å². The third-order valence-corrected chi connectivity index (χ3v) is 6.48. The summed E-state index contributed by atoms with van der Waals surface area (Å²) < 4.78 is 13.9. The number of benzene rings is 1. The van der Waals surface area contributed by atoms with Crippen LogP contribution < -0.4 is 14.8 Å². The van der Waals surface area contributed by atoms with Gasteiger partial charge in [0.15, 0.2) is 0 Å². The fourth-order valence-electron chi connectivity index (χ4n) is 4.53. The van der Waals surface area contributed by atoms with Crippen molar-refractivity contribution in [2.45, 2.75) is 57.9 Å². The second-order valence-corrected chi connectivity index (χ2v) is 9.00. The summed E-state index contributed by atoms with van der Waals surface area (Å²) in [6.07, 6.45) is 9.73. The third kappa shape index (κ3) is 4.56. The minimum absolute atomic E-state index is 0.287. The van der Waals surface area contributed by atoms with Crippen LogP contribution in [-0.4, -0.2) is 33.9 Å². The van der Waals surface area contributed by atoms with Gasteiger partial charge >= 0.3 is 0 Å². The highest BCUT2D eigenvalue weighted by Gasteiger charge is 2.21. The predicted octanol–water partition coefficient (Wildman–Crippen LogP) is 5.38. The number of anilines is 1. The molecular weight excluding hydrogens is 404 g/mol. The lowest BCUT2D eigenvalue weighted by molar-refractivity contribution is 0.102. The van der Waals surface area contributed by atoms with E-state index in [9.17, 15) is 4.79 Å². The molecule has 2 aromatic heterocycles. The molecule has 0 unspecified atom stereocenters. The summed E-state index contributed by atoms with van der Waals surface area (Å²) in [7, 11) is 0. The van der Waals surface area contributed by atoms with Crippen LogP contribution in [0.3, 0.4) is 0 Å². The molecule has 1 amide bonds. The largest absolute Gasteiger partial charge is 0.491 e. The quantitative estimate of drug-likeness (QED) is 0.557. The van der Waals surface area contributed by atoms with Gasteiger partial charge in [-0.05, 0) is 63.0 Å². The van der Waals surface area contributed by atoms with Gasteiger partial charge in [0, 0.05) is 23.7 Å². The molecule has 0 saturated heterocycles. The van der Waals surface area contributed by atoms with Crippen LogP contribution >= 0.6 is 0 Å². The van der Waals surface area contributed by atoms with Crippen LogP contribution in [0.5, 0.6) is 11.6 Å². The summed E-state index contributed by atoms with van der Waals surface area (Å²) in [6.45, 7) is 3.48. The van der Waals surface area contributed by atoms with E-state index in [2.05, 4.69) is 28.1 Å². The normalized spacial score (nSPS) is 22.2. The maximum absolute atomic E-state index is 12.9. The average molecular weight is 435 g/mol. The van der Waals surface area contributed by atoms with E-state index in [1.165, 1.54) is 12.8 Å². The molecule has 0 spiro atoms. The van der Waals surface area contributed by atoms with E-state index < -0.39 is 0 Å². The SMILES string of the molecule is CC1CCC(n2cc3cc4c(cc3n2)OCCCCCOc2cccc(n2)C(=O)N4)CC1. The van der Waals surface area contributed by atoms with E-state index in [0.717, 1.165) is 48.9 Å². The summed E-state index contributed by atoms with van der Waals surface area (Å²) in [5.74, 6) is 1.64. The molecule has 0 radical (unpaired) electrons. The Morgan fingerprint density at radius 3 is 2.69 bits per heavy atom. The van der Waals surface area contributed by atoms with Crippen LogP contribution in [0.4, 0.5) is 5.69 Å². The average Bonchev–Trinajstić information content (AvgIpc) is 3.21. The van der Waals surface area contributed by atoms with Gasteiger partial charge in [0.1, 0.15) is 11.4 Å². The first kappa shape index (κ1) is 20.8. The molecule has 3 heterocycles. The minimum Gasteiger partial charge on any atom is -0.491 e. The highest BCUT2D eigenvalue weighted by atomic mass is 16.5. The van der Waals surface area contributed by atoms with Crippen molar-refractivity contribution in [1.82, 2.24) is 14.8 Å². The summed E-state index contributed by atoms with van der Waals surface area (Å²) in [5, 5.41) is 8.85. The Balaban J connectivity index is 1.47. The van der Waals surface area contributed by atoms with Gasteiger partial charge < -0.3 is 14.8 Å². The van der Waals surface area contributed by atoms with Crippen LogP contribution in [0.1, 0.15) is 68.4 Å². The Morgan fingerprint density at radius 2 is 1.84 bits per heavy atom. The highest BCUT2D eigenvalue weighted by Crippen LogP contribution is 2.35. The molecule has 3 aromatic rings. The lowest BCUT2D eigenvalue weighted by Gasteiger charge is -2.26. The van der Waals surface area contributed by atoms with Gasteiger partial charge in [-0.25, -0.2) is 4.98 Å². The van der Waals surface area contributed by atoms with Crippen LogP contribution in [-0.2, 0) is 0 Å². The number of hydrogen-bond acceptors (Lipinski definition) is 5. The number of ether oxygens (including phenoxy) is 2. The molecule has 32 heavy (non-hydrogen) atoms. The topological polar surface area (TPSA) is 78.3 Å². The monoisotopic (exact) mass is 434 g/mol. The van der Waals surface area contributed by atoms with E-state index in [4.69, 9.17) is 14.6 Å². The maximum atomic E-state index is 12.9. The second kappa shape index (κ2) is 9.18. The lowest BCUT2D eigenvalue weighted by Crippen LogP contribution is -2.16. The van der Waals surface area contributed by atoms with Crippen LogP contribution in [0.2, 0.25) is 0 Å². The van der Waals surface area contributed by atoms with Crippen molar-refractivity contribution in [3.63, 3.8) is 0 Å². The zero-order valence-corrected chi connectivity index (χ0v) is 18.5. The number of carbonyl (C=O) groups is 1. The second-order valence-electron chi connectivity index (χ2n) is 9.00. The number of aromatic nitrogens is 3. The fraction of sp³-hybridized carbons (Fsp3) is 0.480. The molecule has 5 rings (SSSR count). The molecular formula is C25H30N4O3. The van der Waals surface area contributed by atoms with Crippen molar-refractivity contribution >= 4 is 22.5 Å². The van der Waals surface area contributed by atoms with Gasteiger partial charge in [-0.3, -0.25) is 9.48 Å². The fourth-order valence-corrected chi connectivity index (χ4v) is 4.53. The number of carbonyl (C=O) groups excluding carboxylic acids is 1. The number of nitrogens with zero attached hydrogens (tertiary/aromatic N) is 3. The van der Waals surface area contributed by atoms with Gasteiger partial charge in [0.05, 0.1) is 30.5 Å².